The van der Waals surface area contributed by atoms with Gasteiger partial charge in [-0.1, -0.05) is 60.7 Å². The number of amidine groups is 1. The van der Waals surface area contributed by atoms with E-state index in [1.54, 1.807) is 0 Å². The van der Waals surface area contributed by atoms with Gasteiger partial charge in [0.15, 0.2) is 12.2 Å². The summed E-state index contributed by atoms with van der Waals surface area (Å²) in [6, 6.07) is 20.0. The molecule has 0 fully saturated rings. The van der Waals surface area contributed by atoms with E-state index in [0.717, 1.165) is 16.7 Å². The molecule has 0 spiro atoms. The summed E-state index contributed by atoms with van der Waals surface area (Å²) in [6.07, 6.45) is -2.10. The fourth-order valence-corrected chi connectivity index (χ4v) is 4.27. The lowest BCUT2D eigenvalue weighted by atomic mass is 10.2. The highest BCUT2D eigenvalue weighted by Gasteiger charge is 2.29. The Bertz CT molecular complexity index is 672. The van der Waals surface area contributed by atoms with Gasteiger partial charge in [0.05, 0.1) is 0 Å². The normalized spacial score (nSPS) is 22.6. The van der Waals surface area contributed by atoms with Gasteiger partial charge >= 0.3 is 0 Å². The molecule has 3 rings (SSSR count). The fourth-order valence-electron chi connectivity index (χ4n) is 2.02. The Balaban J connectivity index is 1.93. The first-order chi connectivity index (χ1) is 9.70. The Hall–Kier alpha value is -1.68. The molecule has 1 heterocycles. The molecule has 0 bridgehead atoms. The van der Waals surface area contributed by atoms with Crippen molar-refractivity contribution in [1.82, 2.24) is 15.4 Å². The smallest absolute Gasteiger partial charge is 0.168 e. The minimum Gasteiger partial charge on any atom is -0.296 e. The van der Waals surface area contributed by atoms with Gasteiger partial charge in [0.2, 0.25) is 0 Å². The molecule has 0 aliphatic carbocycles. The third-order valence-electron chi connectivity index (χ3n) is 3.14. The van der Waals surface area contributed by atoms with E-state index in [1.165, 1.54) is 0 Å². The van der Waals surface area contributed by atoms with Crippen LogP contribution < -0.4 is 15.9 Å². The summed E-state index contributed by atoms with van der Waals surface area (Å²) >= 11 is 5.80. The van der Waals surface area contributed by atoms with Crippen molar-refractivity contribution in [2.24, 2.45) is 5.10 Å². The van der Waals surface area contributed by atoms with Crippen molar-refractivity contribution in [3.63, 3.8) is 0 Å². The van der Waals surface area contributed by atoms with Gasteiger partial charge in [-0.3, -0.25) is 10.6 Å². The largest absolute Gasteiger partial charge is 0.296 e. The first-order valence-electron chi connectivity index (χ1n) is 6.27. The van der Waals surface area contributed by atoms with Gasteiger partial charge in [0.25, 0.3) is 0 Å². The highest BCUT2D eigenvalue weighted by Crippen LogP contribution is 2.43. The van der Waals surface area contributed by atoms with Crippen LogP contribution in [0.5, 0.6) is 0 Å². The maximum atomic E-state index is 5.80. The van der Waals surface area contributed by atoms with Crippen LogP contribution in [0, 0.1) is 0 Å². The molecule has 1 aliphatic heterocycles. The Morgan fingerprint density at radius 2 is 1.60 bits per heavy atom. The molecule has 0 saturated carbocycles. The summed E-state index contributed by atoms with van der Waals surface area (Å²) < 4.78 is 1.97. The molecule has 2 aromatic carbocycles. The summed E-state index contributed by atoms with van der Waals surface area (Å²) in [7, 11) is 1.96. The van der Waals surface area contributed by atoms with Gasteiger partial charge in [-0.05, 0) is 11.8 Å². The lowest BCUT2D eigenvalue weighted by Gasteiger charge is -2.36. The zero-order valence-corrected chi connectivity index (χ0v) is 12.7. The van der Waals surface area contributed by atoms with E-state index in [0.29, 0.717) is 0 Å². The van der Waals surface area contributed by atoms with Crippen LogP contribution in [0.15, 0.2) is 65.8 Å². The minimum atomic E-state index is -2.10. The number of hydrazine groups is 1. The summed E-state index contributed by atoms with van der Waals surface area (Å²) in [4.78, 5) is 0. The van der Waals surface area contributed by atoms with Gasteiger partial charge in [0.1, 0.15) is 0 Å². The summed E-state index contributed by atoms with van der Waals surface area (Å²) in [5, 5.41) is 8.71. The lowest BCUT2D eigenvalue weighted by Crippen LogP contribution is -2.47. The SMILES string of the molecule is CN1NC(c2ccccc2)=NNP1(=S)c1ccccc1. The molecule has 2 aromatic rings. The Labute approximate surface area is 123 Å². The minimum absolute atomic E-state index is 0.782. The van der Waals surface area contributed by atoms with Crippen molar-refractivity contribution in [3.8, 4) is 0 Å². The van der Waals surface area contributed by atoms with Crippen LogP contribution >= 0.6 is 6.34 Å². The van der Waals surface area contributed by atoms with Crippen molar-refractivity contribution in [1.29, 1.82) is 0 Å². The maximum Gasteiger partial charge on any atom is 0.168 e. The molecule has 2 N–H and O–H groups in total. The number of hydrogen-bond donors (Lipinski definition) is 2. The van der Waals surface area contributed by atoms with E-state index >= 15 is 0 Å². The molecule has 20 heavy (non-hydrogen) atoms. The second-order valence-corrected chi connectivity index (χ2v) is 8.53. The Kier molecular flexibility index (Phi) is 3.57. The monoisotopic (exact) mass is 302 g/mol. The number of rotatable bonds is 2. The van der Waals surface area contributed by atoms with Crippen molar-refractivity contribution in [2.45, 2.75) is 0 Å². The average molecular weight is 302 g/mol. The molecule has 0 amide bonds. The van der Waals surface area contributed by atoms with E-state index in [2.05, 4.69) is 15.7 Å². The quantitative estimate of drug-likeness (QED) is 0.833. The lowest BCUT2D eigenvalue weighted by molar-refractivity contribution is 0.482. The topological polar surface area (TPSA) is 39.7 Å². The van der Waals surface area contributed by atoms with Crippen LogP contribution in [0.25, 0.3) is 0 Å². The van der Waals surface area contributed by atoms with Crippen LogP contribution in [-0.4, -0.2) is 17.7 Å². The van der Waals surface area contributed by atoms with E-state index in [-0.39, 0.29) is 0 Å². The van der Waals surface area contributed by atoms with Crippen LogP contribution in [0.3, 0.4) is 0 Å². The summed E-state index contributed by atoms with van der Waals surface area (Å²) in [6.45, 7) is 0. The molecule has 102 valence electrons. The number of nitrogens with one attached hydrogen (secondary N) is 2. The highest BCUT2D eigenvalue weighted by atomic mass is 32.4. The van der Waals surface area contributed by atoms with Crippen molar-refractivity contribution >= 4 is 29.3 Å². The van der Waals surface area contributed by atoms with Gasteiger partial charge < -0.3 is 0 Å². The Morgan fingerprint density at radius 3 is 2.20 bits per heavy atom. The fraction of sp³-hybridized carbons (Fsp3) is 0.0714. The molecule has 0 radical (unpaired) electrons. The summed E-state index contributed by atoms with van der Waals surface area (Å²) in [5.74, 6) is 0.782. The molecule has 0 aromatic heterocycles. The van der Waals surface area contributed by atoms with Crippen LogP contribution in [-0.2, 0) is 11.8 Å². The second-order valence-electron chi connectivity index (χ2n) is 4.47. The zero-order chi connectivity index (χ0) is 14.0. The molecule has 0 saturated heterocycles. The number of nitrogens with zero attached hydrogens (tertiary/aromatic N) is 2. The number of hydrogen-bond acceptors (Lipinski definition) is 3. The molecular weight excluding hydrogens is 287 g/mol. The Morgan fingerprint density at radius 1 is 1.00 bits per heavy atom. The molecule has 1 atom stereocenters. The third kappa shape index (κ3) is 2.36. The van der Waals surface area contributed by atoms with Gasteiger partial charge in [0, 0.05) is 17.9 Å². The standard InChI is InChI=1S/C14H15N4PS/c1-18-16-14(12-8-4-2-5-9-12)15-17-19(18,20)13-10-6-3-7-11-13/h2-11H,1H3,(H,15,16)(H,17,20). The van der Waals surface area contributed by atoms with Crippen LogP contribution in [0.2, 0.25) is 0 Å². The van der Waals surface area contributed by atoms with E-state index in [1.807, 2.05) is 72.5 Å². The predicted octanol–water partition coefficient (Wildman–Crippen LogP) is 2.02. The average Bonchev–Trinajstić information content (AvgIpc) is 2.52. The van der Waals surface area contributed by atoms with Crippen molar-refractivity contribution in [2.75, 3.05) is 7.05 Å². The van der Waals surface area contributed by atoms with Gasteiger partial charge in [-0.25, -0.2) is 0 Å². The highest BCUT2D eigenvalue weighted by molar-refractivity contribution is 8.16. The molecule has 6 heteroatoms. The zero-order valence-electron chi connectivity index (χ0n) is 11.0. The summed E-state index contributed by atoms with van der Waals surface area (Å²) in [5.41, 5.74) is 4.32. The first-order valence-corrected chi connectivity index (χ1v) is 9.02. The van der Waals surface area contributed by atoms with Crippen LogP contribution in [0.4, 0.5) is 0 Å². The molecule has 1 aliphatic rings. The third-order valence-corrected chi connectivity index (χ3v) is 7.07. The first kappa shape index (κ1) is 13.3. The van der Waals surface area contributed by atoms with Crippen molar-refractivity contribution in [3.05, 3.63) is 66.2 Å². The number of hydrazone groups is 1. The van der Waals surface area contributed by atoms with Crippen LogP contribution in [0.1, 0.15) is 5.56 Å². The van der Waals surface area contributed by atoms with E-state index < -0.39 is 6.34 Å². The number of benzene rings is 2. The molecular formula is C14H15N4PS. The maximum absolute atomic E-state index is 5.80. The second kappa shape index (κ2) is 5.37. The van der Waals surface area contributed by atoms with Crippen molar-refractivity contribution < 1.29 is 0 Å². The van der Waals surface area contributed by atoms with E-state index in [4.69, 9.17) is 11.8 Å². The predicted molar refractivity (Wildman–Crippen MR) is 87.4 cm³/mol. The van der Waals surface area contributed by atoms with Gasteiger partial charge in [-0.15, -0.1) is 0 Å². The van der Waals surface area contributed by atoms with Gasteiger partial charge in [-0.2, -0.15) is 9.88 Å². The molecule has 1 unspecified atom stereocenters. The van der Waals surface area contributed by atoms with E-state index in [9.17, 15) is 0 Å². The molecule has 4 nitrogen and oxygen atoms in total.